The number of carbonyl (C=O) groups excluding carboxylic acids is 2. The lowest BCUT2D eigenvalue weighted by Gasteiger charge is -2.26. The molecule has 1 unspecified atom stereocenters. The zero-order valence-electron chi connectivity index (χ0n) is 11.9. The van der Waals surface area contributed by atoms with Gasteiger partial charge in [0, 0.05) is 22.7 Å². The fourth-order valence-corrected chi connectivity index (χ4v) is 1.57. The van der Waals surface area contributed by atoms with Crippen molar-refractivity contribution in [2.24, 2.45) is 5.73 Å². The van der Waals surface area contributed by atoms with Crippen molar-refractivity contribution >= 4 is 23.4 Å². The van der Waals surface area contributed by atoms with Gasteiger partial charge >= 0.3 is 0 Å². The van der Waals surface area contributed by atoms with E-state index in [0.29, 0.717) is 17.1 Å². The number of benzene rings is 1. The highest BCUT2D eigenvalue weighted by atomic mass is 35.5. The number of rotatable bonds is 5. The van der Waals surface area contributed by atoms with Gasteiger partial charge in [-0.05, 0) is 45.0 Å². The average molecular weight is 298 g/mol. The van der Waals surface area contributed by atoms with Gasteiger partial charge < -0.3 is 16.4 Å². The Hall–Kier alpha value is -1.59. The second-order valence-corrected chi connectivity index (χ2v) is 5.72. The number of amides is 2. The highest BCUT2D eigenvalue weighted by Gasteiger charge is 2.23. The van der Waals surface area contributed by atoms with Crippen LogP contribution >= 0.6 is 11.6 Å². The molecule has 4 N–H and O–H groups in total. The number of halogens is 1. The highest BCUT2D eigenvalue weighted by Crippen LogP contribution is 2.09. The van der Waals surface area contributed by atoms with Gasteiger partial charge in [0.05, 0.1) is 0 Å². The van der Waals surface area contributed by atoms with Crippen molar-refractivity contribution in [1.82, 2.24) is 10.6 Å². The Morgan fingerprint density at radius 3 is 2.35 bits per heavy atom. The molecule has 0 fully saturated rings. The van der Waals surface area contributed by atoms with Gasteiger partial charge in [0.2, 0.25) is 5.91 Å². The van der Waals surface area contributed by atoms with Gasteiger partial charge in [-0.25, -0.2) is 0 Å². The highest BCUT2D eigenvalue weighted by molar-refractivity contribution is 6.30. The molecule has 0 heterocycles. The third-order valence-corrected chi connectivity index (χ3v) is 3.07. The summed E-state index contributed by atoms with van der Waals surface area (Å²) in [6.45, 7) is 5.57. The number of hydrogen-bond acceptors (Lipinski definition) is 3. The summed E-state index contributed by atoms with van der Waals surface area (Å²) in [7, 11) is 0. The van der Waals surface area contributed by atoms with Gasteiger partial charge in [-0.2, -0.15) is 0 Å². The van der Waals surface area contributed by atoms with Crippen LogP contribution in [-0.4, -0.2) is 29.9 Å². The summed E-state index contributed by atoms with van der Waals surface area (Å²) >= 11 is 5.75. The molecule has 0 aliphatic heterocycles. The van der Waals surface area contributed by atoms with Crippen LogP contribution in [0.1, 0.15) is 31.1 Å². The second-order valence-electron chi connectivity index (χ2n) is 5.28. The lowest BCUT2D eigenvalue weighted by Crippen LogP contribution is -2.55. The first kappa shape index (κ1) is 16.5. The van der Waals surface area contributed by atoms with E-state index in [9.17, 15) is 9.59 Å². The van der Waals surface area contributed by atoms with Crippen LogP contribution in [0.4, 0.5) is 0 Å². The molecule has 1 aromatic rings. The molecule has 1 atom stereocenters. The molecule has 0 bridgehead atoms. The molecule has 110 valence electrons. The van der Waals surface area contributed by atoms with Crippen LogP contribution in [0.25, 0.3) is 0 Å². The van der Waals surface area contributed by atoms with Gasteiger partial charge in [-0.3, -0.25) is 9.59 Å². The Bertz CT molecular complexity index is 486. The van der Waals surface area contributed by atoms with Crippen molar-refractivity contribution in [3.05, 3.63) is 34.9 Å². The first-order valence-electron chi connectivity index (χ1n) is 6.34. The van der Waals surface area contributed by atoms with Crippen LogP contribution in [0.2, 0.25) is 5.02 Å². The number of nitrogens with one attached hydrogen (secondary N) is 2. The van der Waals surface area contributed by atoms with E-state index in [-0.39, 0.29) is 11.8 Å². The molecule has 0 aromatic heterocycles. The van der Waals surface area contributed by atoms with Crippen molar-refractivity contribution in [1.29, 1.82) is 0 Å². The van der Waals surface area contributed by atoms with Crippen LogP contribution in [0.15, 0.2) is 24.3 Å². The van der Waals surface area contributed by atoms with E-state index in [4.69, 9.17) is 17.3 Å². The fraction of sp³-hybridized carbons (Fsp3) is 0.429. The molecule has 5 nitrogen and oxygen atoms in total. The van der Waals surface area contributed by atoms with Crippen molar-refractivity contribution < 1.29 is 9.59 Å². The van der Waals surface area contributed by atoms with Gasteiger partial charge in [-0.15, -0.1) is 0 Å². The third kappa shape index (κ3) is 4.83. The first-order chi connectivity index (χ1) is 9.25. The van der Waals surface area contributed by atoms with E-state index in [1.54, 1.807) is 31.2 Å². The van der Waals surface area contributed by atoms with Crippen LogP contribution in [0, 0.1) is 0 Å². The Morgan fingerprint density at radius 1 is 1.30 bits per heavy atom. The molecule has 1 aromatic carbocycles. The lowest BCUT2D eigenvalue weighted by molar-refractivity contribution is -0.124. The number of hydrogen-bond donors (Lipinski definition) is 3. The van der Waals surface area contributed by atoms with Crippen LogP contribution < -0.4 is 16.4 Å². The summed E-state index contributed by atoms with van der Waals surface area (Å²) in [5, 5.41) is 5.95. The summed E-state index contributed by atoms with van der Waals surface area (Å²) in [4.78, 5) is 23.9. The molecule has 1 rings (SSSR count). The summed E-state index contributed by atoms with van der Waals surface area (Å²) in [6.07, 6.45) is 0. The minimum atomic E-state index is -0.649. The predicted octanol–water partition coefficient (Wildman–Crippen LogP) is 1.31. The topological polar surface area (TPSA) is 84.2 Å². The van der Waals surface area contributed by atoms with E-state index in [1.807, 2.05) is 13.8 Å². The van der Waals surface area contributed by atoms with Crippen LogP contribution in [0.5, 0.6) is 0 Å². The maximum Gasteiger partial charge on any atom is 0.251 e. The van der Waals surface area contributed by atoms with Crippen LogP contribution in [-0.2, 0) is 4.79 Å². The minimum Gasteiger partial charge on any atom is -0.348 e. The summed E-state index contributed by atoms with van der Waals surface area (Å²) in [5.41, 5.74) is 5.49. The van der Waals surface area contributed by atoms with Crippen molar-refractivity contribution in [2.45, 2.75) is 32.4 Å². The monoisotopic (exact) mass is 297 g/mol. The summed E-state index contributed by atoms with van der Waals surface area (Å²) in [6, 6.07) is 5.80. The van der Waals surface area contributed by atoms with Gasteiger partial charge in [0.1, 0.15) is 6.04 Å². The molecule has 0 saturated heterocycles. The normalized spacial score (nSPS) is 12.7. The Kier molecular flexibility index (Phi) is 5.53. The Balaban J connectivity index is 2.61. The standard InChI is InChI=1S/C14H20ClN3O2/c1-9(12(19)18-14(2,3)8-16)17-13(20)10-4-6-11(15)7-5-10/h4-7,9H,8,16H2,1-3H3,(H,17,20)(H,18,19). The molecule has 0 saturated carbocycles. The van der Waals surface area contributed by atoms with Crippen molar-refractivity contribution in [3.8, 4) is 0 Å². The number of nitrogens with two attached hydrogens (primary N) is 1. The zero-order chi connectivity index (χ0) is 15.3. The van der Waals surface area contributed by atoms with Crippen LogP contribution in [0.3, 0.4) is 0 Å². The summed E-state index contributed by atoms with van der Waals surface area (Å²) in [5.74, 6) is -0.599. The molecule has 0 aliphatic carbocycles. The maximum atomic E-state index is 11.9. The predicted molar refractivity (Wildman–Crippen MR) is 79.7 cm³/mol. The minimum absolute atomic E-state index is 0.275. The van der Waals surface area contributed by atoms with Crippen molar-refractivity contribution in [2.75, 3.05) is 6.54 Å². The van der Waals surface area contributed by atoms with E-state index < -0.39 is 11.6 Å². The molecule has 0 aliphatic rings. The van der Waals surface area contributed by atoms with E-state index in [1.165, 1.54) is 0 Å². The molecular weight excluding hydrogens is 278 g/mol. The second kappa shape index (κ2) is 6.72. The largest absolute Gasteiger partial charge is 0.348 e. The molecule has 0 radical (unpaired) electrons. The molecule has 2 amide bonds. The third-order valence-electron chi connectivity index (χ3n) is 2.82. The number of carbonyl (C=O) groups is 2. The van der Waals surface area contributed by atoms with Gasteiger partial charge in [0.15, 0.2) is 0 Å². The zero-order valence-corrected chi connectivity index (χ0v) is 12.6. The van der Waals surface area contributed by atoms with E-state index in [0.717, 1.165) is 0 Å². The summed E-state index contributed by atoms with van der Waals surface area (Å²) < 4.78 is 0. The maximum absolute atomic E-state index is 11.9. The fourth-order valence-electron chi connectivity index (χ4n) is 1.44. The van der Waals surface area contributed by atoms with E-state index >= 15 is 0 Å². The van der Waals surface area contributed by atoms with Gasteiger partial charge in [0.25, 0.3) is 5.91 Å². The first-order valence-corrected chi connectivity index (χ1v) is 6.71. The molecular formula is C14H20ClN3O2. The van der Waals surface area contributed by atoms with E-state index in [2.05, 4.69) is 10.6 Å². The quantitative estimate of drug-likeness (QED) is 0.766. The Labute approximate surface area is 123 Å². The molecule has 20 heavy (non-hydrogen) atoms. The lowest BCUT2D eigenvalue weighted by atomic mass is 10.1. The SMILES string of the molecule is CC(NC(=O)c1ccc(Cl)cc1)C(=O)NC(C)(C)CN. The molecule has 0 spiro atoms. The Morgan fingerprint density at radius 2 is 1.85 bits per heavy atom. The smallest absolute Gasteiger partial charge is 0.251 e. The van der Waals surface area contributed by atoms with Crippen molar-refractivity contribution in [3.63, 3.8) is 0 Å². The average Bonchev–Trinajstić information content (AvgIpc) is 2.38. The van der Waals surface area contributed by atoms with Gasteiger partial charge in [-0.1, -0.05) is 11.6 Å². The molecule has 6 heteroatoms.